The number of nitrogens with one attached hydrogen (secondary N) is 2. The van der Waals surface area contributed by atoms with Gasteiger partial charge in [-0.3, -0.25) is 9.59 Å². The number of ether oxygens (including phenoxy) is 2. The third-order valence-corrected chi connectivity index (χ3v) is 11.5. The Hall–Kier alpha value is -5.56. The molecule has 4 heterocycles. The van der Waals surface area contributed by atoms with E-state index in [0.29, 0.717) is 13.2 Å². The van der Waals surface area contributed by atoms with E-state index in [4.69, 9.17) is 9.47 Å². The Labute approximate surface area is 354 Å². The van der Waals surface area contributed by atoms with Crippen LogP contribution in [0.25, 0.3) is 0 Å². The molecule has 8 rings (SSSR count). The number of benzene rings is 2. The molecule has 4 aromatic heterocycles. The van der Waals surface area contributed by atoms with Gasteiger partial charge in [-0.2, -0.15) is 0 Å². The number of hydrogen-bond acceptors (Lipinski definition) is 7. The average Bonchev–Trinajstić information content (AvgIpc) is 4.06. The number of phenols is 1. The van der Waals surface area contributed by atoms with Crippen LogP contribution in [0.2, 0.25) is 0 Å². The molecule has 2 aliphatic rings. The van der Waals surface area contributed by atoms with Gasteiger partial charge in [0.2, 0.25) is 0 Å². The van der Waals surface area contributed by atoms with Crippen molar-refractivity contribution in [3.63, 3.8) is 0 Å². The van der Waals surface area contributed by atoms with Gasteiger partial charge in [0, 0.05) is 61.3 Å². The number of carboxylic acid groups (broad SMARTS) is 1. The van der Waals surface area contributed by atoms with Crippen LogP contribution in [-0.2, 0) is 66.0 Å². The monoisotopic (exact) mass is 866 g/mol. The maximum absolute atomic E-state index is 11.8. The number of imidazole rings is 2. The van der Waals surface area contributed by atoms with E-state index >= 15 is 0 Å². The Morgan fingerprint density at radius 2 is 1.27 bits per heavy atom. The quantitative estimate of drug-likeness (QED) is 0.0662. The highest BCUT2D eigenvalue weighted by Crippen LogP contribution is 2.30. The molecular weight excluding hydrogens is 812 g/mol. The summed E-state index contributed by atoms with van der Waals surface area (Å²) in [6, 6.07) is 19.0. The maximum Gasteiger partial charge on any atom is 0.306 e. The number of nitrogens with zero attached hydrogens (tertiary/aromatic N) is 4. The number of hydrogen-bond donors (Lipinski definition) is 4. The van der Waals surface area contributed by atoms with Crippen LogP contribution in [0.15, 0.2) is 85.5 Å². The minimum Gasteiger partial charge on any atom is -0.508 e. The van der Waals surface area contributed by atoms with Crippen molar-refractivity contribution in [2.24, 2.45) is 14.1 Å². The molecule has 2 atom stereocenters. The van der Waals surface area contributed by atoms with Crippen molar-refractivity contribution in [2.75, 3.05) is 6.61 Å². The molecule has 2 aromatic carbocycles. The molecule has 0 bridgehead atoms. The zero-order chi connectivity index (χ0) is 41.7. The molecule has 2 aliphatic carbocycles. The third kappa shape index (κ3) is 11.8. The minimum absolute atomic E-state index is 0.000907. The summed E-state index contributed by atoms with van der Waals surface area (Å²) in [7, 11) is 3.77. The summed E-state index contributed by atoms with van der Waals surface area (Å²) in [5.74, 6) is 0.930. The van der Waals surface area contributed by atoms with E-state index in [0.717, 1.165) is 52.4 Å². The number of aromatic amines is 2. The van der Waals surface area contributed by atoms with Gasteiger partial charge in [0.25, 0.3) is 0 Å². The molecule has 0 spiro atoms. The molecule has 0 aliphatic heterocycles. The first-order valence-corrected chi connectivity index (χ1v) is 21.5. The number of aliphatic carboxylic acids is 1. The van der Waals surface area contributed by atoms with Gasteiger partial charge in [0.05, 0.1) is 37.0 Å². The molecule has 4 N–H and O–H groups in total. The molecule has 312 valence electrons. The summed E-state index contributed by atoms with van der Waals surface area (Å²) < 4.78 is 14.7. The highest BCUT2D eigenvalue weighted by atomic mass is 79.9. The lowest BCUT2D eigenvalue weighted by molar-refractivity contribution is -0.143. The van der Waals surface area contributed by atoms with Crippen molar-refractivity contribution in [3.05, 3.63) is 142 Å². The number of aromatic nitrogens is 6. The number of carbonyl (C=O) groups excluding carboxylic acids is 1. The van der Waals surface area contributed by atoms with Crippen LogP contribution in [0.5, 0.6) is 11.5 Å². The van der Waals surface area contributed by atoms with Crippen LogP contribution < -0.4 is 4.74 Å². The van der Waals surface area contributed by atoms with E-state index < -0.39 is 5.97 Å². The van der Waals surface area contributed by atoms with Crippen LogP contribution in [0.4, 0.5) is 0 Å². The average molecular weight is 868 g/mol. The maximum atomic E-state index is 11.8. The molecule has 0 saturated carbocycles. The van der Waals surface area contributed by atoms with Crippen LogP contribution in [-0.4, -0.2) is 57.8 Å². The fourth-order valence-corrected chi connectivity index (χ4v) is 8.16. The number of alkyl halides is 1. The number of rotatable bonds is 13. The SMILES string of the molecule is BrCc1cc2c([nH]1)CCCC2.CCOC(=O)C[C@@H](c1ccc(O)cc1)c1nccn1C.Cn1ccnc1[C@@H](CC(=O)O)c1ccc(OCc2cc3c([nH]2)CCCC3)cc1. The number of aryl methyl sites for hydroxylation is 6. The van der Waals surface area contributed by atoms with Crippen molar-refractivity contribution >= 4 is 27.9 Å². The standard InChI is InChI=1S/C22H25N3O3.C15H18N2O3.C9H12BrN/c1-25-11-10-23-22(25)19(13-21(26)27)15-6-8-18(9-7-15)28-14-17-12-16-4-2-3-5-20(16)24-17;1-3-20-14(19)10-13(15-16-8-9-17(15)2)11-4-6-12(18)7-5-11;10-6-8-5-7-3-1-2-4-9(7)11-8/h6-12,19,24H,2-5,13-14H2,1H3,(H,26,27);4-9,13,18H,3,10H2,1-2H3;5,11H,1-4,6H2/t19-;13-;/m00./s1. The zero-order valence-electron chi connectivity index (χ0n) is 34.1. The summed E-state index contributed by atoms with van der Waals surface area (Å²) in [5.41, 5.74) is 10.1. The molecule has 0 radical (unpaired) electrons. The molecule has 13 heteroatoms. The van der Waals surface area contributed by atoms with Gasteiger partial charge in [-0.15, -0.1) is 0 Å². The van der Waals surface area contributed by atoms with E-state index in [1.807, 2.05) is 59.9 Å². The number of phenolic OH excluding ortho intramolecular Hbond substituents is 1. The van der Waals surface area contributed by atoms with E-state index in [2.05, 4.69) is 48.0 Å². The van der Waals surface area contributed by atoms with Gasteiger partial charge in [-0.1, -0.05) is 40.2 Å². The number of carbonyl (C=O) groups is 2. The second-order valence-electron chi connectivity index (χ2n) is 15.1. The van der Waals surface area contributed by atoms with Gasteiger partial charge in [-0.05, 0) is 117 Å². The summed E-state index contributed by atoms with van der Waals surface area (Å²) in [5, 5.41) is 19.6. The Bertz CT molecular complexity index is 2210. The van der Waals surface area contributed by atoms with Crippen LogP contribution in [0, 0.1) is 0 Å². The molecule has 0 saturated heterocycles. The number of H-pyrrole nitrogens is 2. The lowest BCUT2D eigenvalue weighted by atomic mass is 9.94. The summed E-state index contributed by atoms with van der Waals surface area (Å²) in [6.45, 7) is 2.65. The molecule has 0 unspecified atom stereocenters. The molecule has 6 aromatic rings. The number of esters is 1. The highest BCUT2D eigenvalue weighted by Gasteiger charge is 2.24. The molecular formula is C46H55BrN6O6. The van der Waals surface area contributed by atoms with Crippen molar-refractivity contribution in [2.45, 2.75) is 94.9 Å². The fourth-order valence-electron chi connectivity index (χ4n) is 7.86. The Morgan fingerprint density at radius 1 is 0.763 bits per heavy atom. The van der Waals surface area contributed by atoms with Crippen molar-refractivity contribution < 1.29 is 29.3 Å². The van der Waals surface area contributed by atoms with Gasteiger partial charge in [0.15, 0.2) is 0 Å². The van der Waals surface area contributed by atoms with Gasteiger partial charge < -0.3 is 38.8 Å². The Kier molecular flexibility index (Phi) is 15.3. The normalized spacial score (nSPS) is 14.0. The summed E-state index contributed by atoms with van der Waals surface area (Å²) in [6.07, 6.45) is 17.3. The summed E-state index contributed by atoms with van der Waals surface area (Å²) >= 11 is 3.45. The predicted octanol–water partition coefficient (Wildman–Crippen LogP) is 8.81. The Morgan fingerprint density at radius 3 is 1.76 bits per heavy atom. The second kappa shape index (κ2) is 20.9. The first-order chi connectivity index (χ1) is 28.6. The van der Waals surface area contributed by atoms with E-state index in [-0.39, 0.29) is 36.4 Å². The first kappa shape index (κ1) is 43.0. The smallest absolute Gasteiger partial charge is 0.306 e. The molecule has 12 nitrogen and oxygen atoms in total. The molecule has 0 fully saturated rings. The second-order valence-corrected chi connectivity index (χ2v) is 15.7. The molecule has 0 amide bonds. The molecule has 59 heavy (non-hydrogen) atoms. The number of halogens is 1. The van der Waals surface area contributed by atoms with Gasteiger partial charge >= 0.3 is 11.9 Å². The predicted molar refractivity (Wildman–Crippen MR) is 230 cm³/mol. The minimum atomic E-state index is -0.843. The largest absolute Gasteiger partial charge is 0.508 e. The van der Waals surface area contributed by atoms with Crippen molar-refractivity contribution in [1.82, 2.24) is 29.1 Å². The lowest BCUT2D eigenvalue weighted by Gasteiger charge is -2.16. The number of fused-ring (bicyclic) bond motifs is 2. The topological polar surface area (TPSA) is 160 Å². The van der Waals surface area contributed by atoms with E-state index in [1.165, 1.54) is 61.2 Å². The van der Waals surface area contributed by atoms with E-state index in [1.54, 1.807) is 49.1 Å². The Balaban J connectivity index is 0.000000164. The number of aromatic hydroxyl groups is 1. The first-order valence-electron chi connectivity index (χ1n) is 20.4. The number of carboxylic acids is 1. The summed E-state index contributed by atoms with van der Waals surface area (Å²) in [4.78, 5) is 38.7. The highest BCUT2D eigenvalue weighted by molar-refractivity contribution is 9.08. The fraction of sp³-hybridized carbons (Fsp3) is 0.391. The zero-order valence-corrected chi connectivity index (χ0v) is 35.7. The van der Waals surface area contributed by atoms with Crippen LogP contribution in [0.3, 0.4) is 0 Å². The van der Waals surface area contributed by atoms with Gasteiger partial charge in [0.1, 0.15) is 29.8 Å². The van der Waals surface area contributed by atoms with Crippen LogP contribution >= 0.6 is 15.9 Å². The van der Waals surface area contributed by atoms with Crippen LogP contribution in [0.1, 0.15) is 114 Å². The third-order valence-electron chi connectivity index (χ3n) is 10.9. The van der Waals surface area contributed by atoms with Crippen molar-refractivity contribution in [1.29, 1.82) is 0 Å². The van der Waals surface area contributed by atoms with E-state index in [9.17, 15) is 19.8 Å². The van der Waals surface area contributed by atoms with Crippen molar-refractivity contribution in [3.8, 4) is 11.5 Å². The van der Waals surface area contributed by atoms with Gasteiger partial charge in [-0.25, -0.2) is 9.97 Å². The lowest BCUT2D eigenvalue weighted by Crippen LogP contribution is -2.14.